The number of halogens is 3. The lowest BCUT2D eigenvalue weighted by Gasteiger charge is -2.38. The molecule has 0 radical (unpaired) electrons. The molecule has 0 unspecified atom stereocenters. The molecule has 0 aromatic heterocycles. The average molecular weight is 471 g/mol. The fourth-order valence-electron chi connectivity index (χ4n) is 3.84. The molecule has 1 heterocycles. The van der Waals surface area contributed by atoms with Gasteiger partial charge in [-0.1, -0.05) is 23.7 Å². The molecule has 1 aliphatic rings. The van der Waals surface area contributed by atoms with Gasteiger partial charge in [0.05, 0.1) is 22.2 Å². The van der Waals surface area contributed by atoms with Gasteiger partial charge in [0.1, 0.15) is 5.82 Å². The van der Waals surface area contributed by atoms with Crippen molar-refractivity contribution >= 4 is 35.5 Å². The highest BCUT2D eigenvalue weighted by molar-refractivity contribution is 6.30. The summed E-state index contributed by atoms with van der Waals surface area (Å²) in [5, 5.41) is 22.6. The zero-order valence-electron chi connectivity index (χ0n) is 16.9. The summed E-state index contributed by atoms with van der Waals surface area (Å²) in [7, 11) is 0. The third-order valence-electron chi connectivity index (χ3n) is 5.57. The zero-order valence-corrected chi connectivity index (χ0v) is 18.5. The van der Waals surface area contributed by atoms with Crippen LogP contribution in [0, 0.1) is 15.9 Å². The Labute approximate surface area is 191 Å². The number of Topliss-reactive ketones (excluding diaryl/α,β-unsaturated/α-hetero) is 1. The van der Waals surface area contributed by atoms with Crippen molar-refractivity contribution in [1.82, 2.24) is 4.90 Å². The predicted molar refractivity (Wildman–Crippen MR) is 120 cm³/mol. The first-order chi connectivity index (χ1) is 14.3. The lowest BCUT2D eigenvalue weighted by Crippen LogP contribution is -2.45. The Balaban J connectivity index is 0.00000341. The molecule has 0 atom stereocenters. The Hall–Kier alpha value is -2.06. The van der Waals surface area contributed by atoms with Crippen molar-refractivity contribution in [2.75, 3.05) is 19.6 Å². The van der Waals surface area contributed by atoms with E-state index in [4.69, 9.17) is 11.6 Å². The van der Waals surface area contributed by atoms with E-state index in [-0.39, 0.29) is 30.2 Å². The molecular weight excluding hydrogens is 446 g/mol. The molecule has 0 amide bonds. The molecule has 1 saturated heterocycles. The molecule has 0 spiro atoms. The Morgan fingerprint density at radius 1 is 1.19 bits per heavy atom. The van der Waals surface area contributed by atoms with Crippen LogP contribution in [0.25, 0.3) is 0 Å². The molecule has 1 aliphatic heterocycles. The SMILES string of the molecule is Cl.O=C(CCCN1CCC(O)(Cc2ccc(Cl)cc2)CC1)c1ccc(F)cc1[N+](=O)[O-]. The topological polar surface area (TPSA) is 83.7 Å². The molecular formula is C22H25Cl2FN2O4. The molecule has 1 N–H and O–H groups in total. The van der Waals surface area contributed by atoms with Crippen LogP contribution in [-0.4, -0.2) is 45.9 Å². The molecule has 9 heteroatoms. The fourth-order valence-corrected chi connectivity index (χ4v) is 3.97. The van der Waals surface area contributed by atoms with Crippen LogP contribution < -0.4 is 0 Å². The van der Waals surface area contributed by atoms with Crippen molar-refractivity contribution in [1.29, 1.82) is 0 Å². The second-order valence-corrected chi connectivity index (χ2v) is 8.25. The number of aliphatic hydroxyl groups is 1. The molecule has 168 valence electrons. The molecule has 6 nitrogen and oxygen atoms in total. The van der Waals surface area contributed by atoms with Crippen molar-refractivity contribution in [2.45, 2.75) is 37.7 Å². The largest absolute Gasteiger partial charge is 0.389 e. The normalized spacial score (nSPS) is 15.8. The standard InChI is InChI=1S/C22H24ClFN2O4.ClH/c23-17-5-3-16(4-6-17)15-22(28)9-12-25(13-10-22)11-1-2-21(27)19-8-7-18(24)14-20(19)26(29)30;/h3-8,14,28H,1-2,9-13,15H2;1H. The second kappa shape index (κ2) is 11.0. The summed E-state index contributed by atoms with van der Waals surface area (Å²) in [6.07, 6.45) is 2.53. The van der Waals surface area contributed by atoms with Crippen LogP contribution in [0.4, 0.5) is 10.1 Å². The van der Waals surface area contributed by atoms with Gasteiger partial charge < -0.3 is 10.0 Å². The summed E-state index contributed by atoms with van der Waals surface area (Å²) in [6, 6.07) is 10.5. The maximum absolute atomic E-state index is 13.2. The molecule has 3 rings (SSSR count). The van der Waals surface area contributed by atoms with Crippen molar-refractivity contribution in [3.8, 4) is 0 Å². The number of nitrogens with zero attached hydrogens (tertiary/aromatic N) is 2. The Morgan fingerprint density at radius 2 is 1.84 bits per heavy atom. The molecule has 0 saturated carbocycles. The van der Waals surface area contributed by atoms with Gasteiger partial charge in [0.15, 0.2) is 5.78 Å². The van der Waals surface area contributed by atoms with Gasteiger partial charge in [0.2, 0.25) is 0 Å². The highest BCUT2D eigenvalue weighted by atomic mass is 35.5. The predicted octanol–water partition coefficient (Wildman–Crippen LogP) is 4.84. The number of nitro groups is 1. The van der Waals surface area contributed by atoms with E-state index in [0.29, 0.717) is 37.3 Å². The Bertz CT molecular complexity index is 916. The third-order valence-corrected chi connectivity index (χ3v) is 5.82. The lowest BCUT2D eigenvalue weighted by molar-refractivity contribution is -0.385. The number of nitro benzene ring substituents is 1. The first kappa shape index (κ1) is 25.2. The van der Waals surface area contributed by atoms with E-state index in [2.05, 4.69) is 4.90 Å². The van der Waals surface area contributed by atoms with Gasteiger partial charge in [-0.3, -0.25) is 14.9 Å². The average Bonchev–Trinajstić information content (AvgIpc) is 2.71. The summed E-state index contributed by atoms with van der Waals surface area (Å²) in [5.74, 6) is -1.10. The van der Waals surface area contributed by atoms with Crippen LogP contribution in [0.1, 0.15) is 41.6 Å². The molecule has 0 aliphatic carbocycles. The number of carbonyl (C=O) groups excluding carboxylic acids is 1. The summed E-state index contributed by atoms with van der Waals surface area (Å²) >= 11 is 5.91. The first-order valence-corrected chi connectivity index (χ1v) is 10.3. The molecule has 31 heavy (non-hydrogen) atoms. The van der Waals surface area contributed by atoms with Crippen LogP contribution in [-0.2, 0) is 6.42 Å². The number of ketones is 1. The zero-order chi connectivity index (χ0) is 21.7. The molecule has 0 bridgehead atoms. The highest BCUT2D eigenvalue weighted by Gasteiger charge is 2.32. The summed E-state index contributed by atoms with van der Waals surface area (Å²) in [5.41, 5.74) is -0.265. The minimum atomic E-state index is -0.755. The Morgan fingerprint density at radius 3 is 2.45 bits per heavy atom. The number of carbonyl (C=O) groups is 1. The van der Waals surface area contributed by atoms with Crippen LogP contribution >= 0.6 is 24.0 Å². The van der Waals surface area contributed by atoms with Gasteiger partial charge in [-0.15, -0.1) is 12.4 Å². The monoisotopic (exact) mass is 470 g/mol. The Kier molecular flexibility index (Phi) is 8.94. The van der Waals surface area contributed by atoms with E-state index in [1.54, 1.807) is 0 Å². The second-order valence-electron chi connectivity index (χ2n) is 7.81. The number of hydrogen-bond acceptors (Lipinski definition) is 5. The van der Waals surface area contributed by atoms with E-state index in [1.807, 2.05) is 24.3 Å². The summed E-state index contributed by atoms with van der Waals surface area (Å²) < 4.78 is 13.2. The van der Waals surface area contributed by atoms with E-state index in [9.17, 15) is 24.4 Å². The van der Waals surface area contributed by atoms with Crippen molar-refractivity contribution in [3.63, 3.8) is 0 Å². The van der Waals surface area contributed by atoms with Gasteiger partial charge in [0, 0.05) is 31.0 Å². The van der Waals surface area contributed by atoms with Gasteiger partial charge >= 0.3 is 0 Å². The van der Waals surface area contributed by atoms with Crippen LogP contribution in [0.3, 0.4) is 0 Å². The van der Waals surface area contributed by atoms with E-state index >= 15 is 0 Å². The minimum Gasteiger partial charge on any atom is -0.389 e. The first-order valence-electron chi connectivity index (χ1n) is 9.92. The van der Waals surface area contributed by atoms with Crippen LogP contribution in [0.15, 0.2) is 42.5 Å². The van der Waals surface area contributed by atoms with Crippen molar-refractivity contribution < 1.29 is 19.2 Å². The highest BCUT2D eigenvalue weighted by Crippen LogP contribution is 2.27. The van der Waals surface area contributed by atoms with E-state index in [0.717, 1.165) is 30.8 Å². The van der Waals surface area contributed by atoms with Gasteiger partial charge in [-0.25, -0.2) is 4.39 Å². The maximum atomic E-state index is 13.2. The molecule has 2 aromatic carbocycles. The third kappa shape index (κ3) is 6.97. The minimum absolute atomic E-state index is 0. The number of likely N-dealkylation sites (tertiary alicyclic amines) is 1. The fraction of sp³-hybridized carbons (Fsp3) is 0.409. The number of rotatable bonds is 8. The van der Waals surface area contributed by atoms with Crippen LogP contribution in [0.2, 0.25) is 5.02 Å². The lowest BCUT2D eigenvalue weighted by atomic mass is 9.85. The van der Waals surface area contributed by atoms with Gasteiger partial charge in [-0.2, -0.15) is 0 Å². The van der Waals surface area contributed by atoms with Gasteiger partial charge in [-0.05, 0) is 55.6 Å². The maximum Gasteiger partial charge on any atom is 0.283 e. The molecule has 1 fully saturated rings. The van der Waals surface area contributed by atoms with E-state index < -0.39 is 22.0 Å². The smallest absolute Gasteiger partial charge is 0.283 e. The quantitative estimate of drug-likeness (QED) is 0.338. The number of benzene rings is 2. The van der Waals surface area contributed by atoms with Gasteiger partial charge in [0.25, 0.3) is 5.69 Å². The van der Waals surface area contributed by atoms with Crippen molar-refractivity contribution in [3.05, 3.63) is 74.5 Å². The number of hydrogen-bond donors (Lipinski definition) is 1. The number of piperidine rings is 1. The van der Waals surface area contributed by atoms with E-state index in [1.165, 1.54) is 6.07 Å². The van der Waals surface area contributed by atoms with Crippen LogP contribution in [0.5, 0.6) is 0 Å². The molecule has 2 aromatic rings. The summed E-state index contributed by atoms with van der Waals surface area (Å²) in [6.45, 7) is 2.10. The summed E-state index contributed by atoms with van der Waals surface area (Å²) in [4.78, 5) is 24.9. The van der Waals surface area contributed by atoms with Crippen molar-refractivity contribution in [2.24, 2.45) is 0 Å².